The maximum absolute atomic E-state index is 11.8. The smallest absolute Gasteiger partial charge is 0.313 e. The zero-order valence-electron chi connectivity index (χ0n) is 13.3. The van der Waals surface area contributed by atoms with E-state index >= 15 is 0 Å². The molecule has 1 saturated heterocycles. The van der Waals surface area contributed by atoms with E-state index in [9.17, 15) is 9.59 Å². The third-order valence-corrected chi connectivity index (χ3v) is 3.45. The molecular formula is C16H23N3O4. The summed E-state index contributed by atoms with van der Waals surface area (Å²) in [6.07, 6.45) is 0. The van der Waals surface area contributed by atoms with Crippen molar-refractivity contribution < 1.29 is 19.1 Å². The van der Waals surface area contributed by atoms with Gasteiger partial charge in [0.25, 0.3) is 0 Å². The first kappa shape index (κ1) is 17.2. The fraction of sp³-hybridized carbons (Fsp3) is 0.500. The first-order valence-corrected chi connectivity index (χ1v) is 7.81. The molecule has 1 aromatic rings. The molecule has 0 radical (unpaired) electrons. The lowest BCUT2D eigenvalue weighted by Crippen LogP contribution is -2.43. The summed E-state index contributed by atoms with van der Waals surface area (Å²) < 4.78 is 10.6. The van der Waals surface area contributed by atoms with Gasteiger partial charge in [0.1, 0.15) is 5.75 Å². The van der Waals surface area contributed by atoms with Crippen LogP contribution >= 0.6 is 0 Å². The van der Waals surface area contributed by atoms with Crippen molar-refractivity contribution in [3.63, 3.8) is 0 Å². The van der Waals surface area contributed by atoms with Crippen LogP contribution in [0.3, 0.4) is 0 Å². The van der Waals surface area contributed by atoms with Gasteiger partial charge in [0, 0.05) is 31.9 Å². The second-order valence-corrected chi connectivity index (χ2v) is 5.12. The van der Waals surface area contributed by atoms with Crippen LogP contribution in [0.15, 0.2) is 24.3 Å². The molecule has 0 bridgehead atoms. The number of carbonyl (C=O) groups excluding carboxylic acids is 2. The Hall–Kier alpha value is -2.12. The number of anilines is 1. The van der Waals surface area contributed by atoms with E-state index in [4.69, 9.17) is 9.47 Å². The molecule has 7 nitrogen and oxygen atoms in total. The van der Waals surface area contributed by atoms with E-state index in [2.05, 4.69) is 15.5 Å². The van der Waals surface area contributed by atoms with Crippen molar-refractivity contribution in [2.45, 2.75) is 6.92 Å². The molecule has 0 saturated carbocycles. The van der Waals surface area contributed by atoms with Gasteiger partial charge in [-0.2, -0.15) is 0 Å². The molecule has 2 N–H and O–H groups in total. The lowest BCUT2D eigenvalue weighted by molar-refractivity contribution is -0.136. The lowest BCUT2D eigenvalue weighted by Gasteiger charge is -2.26. The van der Waals surface area contributed by atoms with Gasteiger partial charge in [0.2, 0.25) is 0 Å². The number of carbonyl (C=O) groups is 2. The molecule has 0 aliphatic carbocycles. The van der Waals surface area contributed by atoms with Gasteiger partial charge in [-0.1, -0.05) is 0 Å². The van der Waals surface area contributed by atoms with Crippen LogP contribution in [-0.2, 0) is 14.3 Å². The van der Waals surface area contributed by atoms with Crippen molar-refractivity contribution in [2.24, 2.45) is 0 Å². The molecule has 1 aliphatic rings. The minimum atomic E-state index is -0.670. The quantitative estimate of drug-likeness (QED) is 0.745. The summed E-state index contributed by atoms with van der Waals surface area (Å²) in [5.41, 5.74) is 0.557. The second-order valence-electron chi connectivity index (χ2n) is 5.12. The Labute approximate surface area is 135 Å². The molecular weight excluding hydrogens is 298 g/mol. The van der Waals surface area contributed by atoms with Crippen LogP contribution in [0.4, 0.5) is 5.69 Å². The van der Waals surface area contributed by atoms with Gasteiger partial charge in [-0.25, -0.2) is 0 Å². The summed E-state index contributed by atoms with van der Waals surface area (Å²) in [6, 6.07) is 6.89. The Bertz CT molecular complexity index is 513. The molecule has 0 spiro atoms. The molecule has 2 amide bonds. The zero-order chi connectivity index (χ0) is 16.5. The second kappa shape index (κ2) is 9.12. The fourth-order valence-electron chi connectivity index (χ4n) is 2.22. The minimum absolute atomic E-state index is 0.440. The predicted molar refractivity (Wildman–Crippen MR) is 86.5 cm³/mol. The molecule has 1 aliphatic heterocycles. The van der Waals surface area contributed by atoms with E-state index in [0.717, 1.165) is 18.8 Å². The first-order chi connectivity index (χ1) is 11.2. The number of hydrogen-bond acceptors (Lipinski definition) is 5. The van der Waals surface area contributed by atoms with Crippen molar-refractivity contribution in [2.75, 3.05) is 51.3 Å². The van der Waals surface area contributed by atoms with Crippen LogP contribution in [0.1, 0.15) is 6.92 Å². The van der Waals surface area contributed by atoms with Crippen LogP contribution < -0.4 is 15.4 Å². The number of rotatable bonds is 6. The highest BCUT2D eigenvalue weighted by Gasteiger charge is 2.15. The molecule has 2 rings (SSSR count). The van der Waals surface area contributed by atoms with Crippen LogP contribution in [0.2, 0.25) is 0 Å². The maximum atomic E-state index is 11.8. The van der Waals surface area contributed by atoms with Crippen molar-refractivity contribution >= 4 is 17.5 Å². The maximum Gasteiger partial charge on any atom is 0.313 e. The Morgan fingerprint density at radius 1 is 1.17 bits per heavy atom. The number of nitrogens with one attached hydrogen (secondary N) is 2. The molecule has 0 unspecified atom stereocenters. The predicted octanol–water partition coefficient (Wildman–Crippen LogP) is 0.472. The first-order valence-electron chi connectivity index (χ1n) is 7.81. The summed E-state index contributed by atoms with van der Waals surface area (Å²) in [5.74, 6) is -0.580. The largest absolute Gasteiger partial charge is 0.494 e. The van der Waals surface area contributed by atoms with E-state index in [1.54, 1.807) is 24.3 Å². The molecule has 7 heteroatoms. The summed E-state index contributed by atoms with van der Waals surface area (Å²) in [5, 5.41) is 5.18. The van der Waals surface area contributed by atoms with E-state index in [0.29, 0.717) is 38.6 Å². The number of hydrogen-bond donors (Lipinski definition) is 2. The van der Waals surface area contributed by atoms with Gasteiger partial charge >= 0.3 is 11.8 Å². The van der Waals surface area contributed by atoms with Crippen molar-refractivity contribution in [1.29, 1.82) is 0 Å². The molecule has 126 valence electrons. The summed E-state index contributed by atoms with van der Waals surface area (Å²) >= 11 is 0. The standard InChI is InChI=1S/C16H23N3O4/c1-2-23-14-5-3-13(4-6-14)18-16(21)15(20)17-7-8-19-9-11-22-12-10-19/h3-6H,2,7-12H2,1H3,(H,17,20)(H,18,21). The highest BCUT2D eigenvalue weighted by Crippen LogP contribution is 2.15. The highest BCUT2D eigenvalue weighted by molar-refractivity contribution is 6.39. The zero-order valence-corrected chi connectivity index (χ0v) is 13.3. The minimum Gasteiger partial charge on any atom is -0.494 e. The van der Waals surface area contributed by atoms with Crippen molar-refractivity contribution in [3.05, 3.63) is 24.3 Å². The number of ether oxygens (including phenoxy) is 2. The van der Waals surface area contributed by atoms with Gasteiger partial charge in [-0.05, 0) is 31.2 Å². The topological polar surface area (TPSA) is 79.9 Å². The Morgan fingerprint density at radius 2 is 1.87 bits per heavy atom. The Morgan fingerprint density at radius 3 is 2.52 bits per heavy atom. The average Bonchev–Trinajstić information content (AvgIpc) is 2.57. The molecule has 1 fully saturated rings. The van der Waals surface area contributed by atoms with Crippen molar-refractivity contribution in [3.8, 4) is 5.75 Å². The third kappa shape index (κ3) is 5.88. The van der Waals surface area contributed by atoms with Gasteiger partial charge in [0.15, 0.2) is 0 Å². The van der Waals surface area contributed by atoms with Gasteiger partial charge < -0.3 is 20.1 Å². The fourth-order valence-corrected chi connectivity index (χ4v) is 2.22. The monoisotopic (exact) mass is 321 g/mol. The molecule has 0 atom stereocenters. The van der Waals surface area contributed by atoms with Gasteiger partial charge in [-0.3, -0.25) is 14.5 Å². The molecule has 1 aromatic carbocycles. The summed E-state index contributed by atoms with van der Waals surface area (Å²) in [4.78, 5) is 25.8. The SMILES string of the molecule is CCOc1ccc(NC(=O)C(=O)NCCN2CCOCC2)cc1. The number of nitrogens with zero attached hydrogens (tertiary/aromatic N) is 1. The van der Waals surface area contributed by atoms with E-state index < -0.39 is 11.8 Å². The summed E-state index contributed by atoms with van der Waals surface area (Å²) in [7, 11) is 0. The lowest BCUT2D eigenvalue weighted by atomic mass is 10.3. The molecule has 0 aromatic heterocycles. The Kier molecular flexibility index (Phi) is 6.83. The van der Waals surface area contributed by atoms with Gasteiger partial charge in [0.05, 0.1) is 19.8 Å². The van der Waals surface area contributed by atoms with Crippen LogP contribution in [0, 0.1) is 0 Å². The summed E-state index contributed by atoms with van der Waals surface area (Å²) in [6.45, 7) is 6.77. The van der Waals surface area contributed by atoms with Crippen LogP contribution in [-0.4, -0.2) is 62.7 Å². The number of morpholine rings is 1. The van der Waals surface area contributed by atoms with E-state index in [1.165, 1.54) is 0 Å². The molecule has 23 heavy (non-hydrogen) atoms. The number of amides is 2. The van der Waals surface area contributed by atoms with E-state index in [1.807, 2.05) is 6.92 Å². The highest BCUT2D eigenvalue weighted by atomic mass is 16.5. The van der Waals surface area contributed by atoms with Crippen molar-refractivity contribution in [1.82, 2.24) is 10.2 Å². The van der Waals surface area contributed by atoms with Crippen LogP contribution in [0.5, 0.6) is 5.75 Å². The average molecular weight is 321 g/mol. The third-order valence-electron chi connectivity index (χ3n) is 3.45. The molecule has 1 heterocycles. The normalized spacial score (nSPS) is 15.0. The van der Waals surface area contributed by atoms with Crippen LogP contribution in [0.25, 0.3) is 0 Å². The van der Waals surface area contributed by atoms with Gasteiger partial charge in [-0.15, -0.1) is 0 Å². The number of benzene rings is 1. The Balaban J connectivity index is 1.70. The van der Waals surface area contributed by atoms with E-state index in [-0.39, 0.29) is 0 Å².